The van der Waals surface area contributed by atoms with E-state index in [1.54, 1.807) is 0 Å². The molecule has 5 heterocycles. The first-order valence-electron chi connectivity index (χ1n) is 10.9. The molecule has 3 aromatic heterocycles. The average Bonchev–Trinajstić information content (AvgIpc) is 3.28. The van der Waals surface area contributed by atoms with Gasteiger partial charge in [-0.1, -0.05) is 12.1 Å². The Kier molecular flexibility index (Phi) is 4.28. The van der Waals surface area contributed by atoms with Crippen LogP contribution < -0.4 is 10.2 Å². The van der Waals surface area contributed by atoms with Crippen molar-refractivity contribution in [3.8, 4) is 11.3 Å². The topological polar surface area (TPSA) is 75.9 Å². The van der Waals surface area contributed by atoms with Gasteiger partial charge < -0.3 is 19.9 Å². The first-order chi connectivity index (χ1) is 14.8. The Morgan fingerprint density at radius 1 is 1.07 bits per heavy atom. The standard InChI is InChI=1S/C22H27N7O/c1-27-20-19(17-3-2-4-18-16(17)7-10-24-18)25-22(28-11-13-30-14-12-28)26-21(20)29(27)15-5-8-23-9-6-15/h2-4,7,10,15,23-24H,5-6,8-9,11-14H2,1H3. The van der Waals surface area contributed by atoms with Crippen LogP contribution in [0.15, 0.2) is 30.5 Å². The first-order valence-corrected chi connectivity index (χ1v) is 10.9. The van der Waals surface area contributed by atoms with Crippen molar-refractivity contribution in [1.29, 1.82) is 0 Å². The summed E-state index contributed by atoms with van der Waals surface area (Å²) >= 11 is 0. The molecule has 2 N–H and O–H groups in total. The number of aryl methyl sites for hydroxylation is 1. The van der Waals surface area contributed by atoms with E-state index < -0.39 is 0 Å². The summed E-state index contributed by atoms with van der Waals surface area (Å²) in [5.74, 6) is 0.812. The van der Waals surface area contributed by atoms with E-state index in [-0.39, 0.29) is 0 Å². The normalized spacial score (nSPS) is 18.6. The lowest BCUT2D eigenvalue weighted by Gasteiger charge is -2.34. The fourth-order valence-corrected chi connectivity index (χ4v) is 4.95. The molecule has 8 heteroatoms. The smallest absolute Gasteiger partial charge is 0.228 e. The van der Waals surface area contributed by atoms with Crippen molar-refractivity contribution in [2.75, 3.05) is 44.3 Å². The number of anilines is 1. The number of fused-ring (bicyclic) bond motifs is 2. The number of piperidine rings is 1. The predicted octanol–water partition coefficient (Wildman–Crippen LogP) is 2.68. The highest BCUT2D eigenvalue weighted by Crippen LogP contribution is 2.37. The van der Waals surface area contributed by atoms with E-state index in [1.165, 1.54) is 5.39 Å². The molecule has 6 rings (SSSR count). The Labute approximate surface area is 174 Å². The summed E-state index contributed by atoms with van der Waals surface area (Å²) in [6.45, 7) is 5.22. The van der Waals surface area contributed by atoms with Crippen LogP contribution in [-0.2, 0) is 11.8 Å². The lowest BCUT2D eigenvalue weighted by atomic mass is 10.0. The van der Waals surface area contributed by atoms with Crippen molar-refractivity contribution in [3.05, 3.63) is 30.5 Å². The molecule has 0 amide bonds. The minimum absolute atomic E-state index is 0.479. The van der Waals surface area contributed by atoms with E-state index in [9.17, 15) is 0 Å². The van der Waals surface area contributed by atoms with Crippen LogP contribution in [0.1, 0.15) is 18.9 Å². The molecule has 2 aliphatic heterocycles. The fraction of sp³-hybridized carbons (Fsp3) is 0.455. The Morgan fingerprint density at radius 3 is 2.73 bits per heavy atom. The summed E-state index contributed by atoms with van der Waals surface area (Å²) in [6.07, 6.45) is 4.25. The molecule has 8 nitrogen and oxygen atoms in total. The number of rotatable bonds is 3. The van der Waals surface area contributed by atoms with Crippen LogP contribution in [0.4, 0.5) is 5.95 Å². The molecule has 1 aromatic carbocycles. The van der Waals surface area contributed by atoms with E-state index in [1.807, 2.05) is 6.20 Å². The largest absolute Gasteiger partial charge is 0.378 e. The third-order valence-electron chi connectivity index (χ3n) is 6.52. The molecule has 4 aromatic rings. The minimum atomic E-state index is 0.479. The molecule has 2 fully saturated rings. The van der Waals surface area contributed by atoms with Crippen molar-refractivity contribution < 1.29 is 4.74 Å². The molecule has 0 bridgehead atoms. The second kappa shape index (κ2) is 7.14. The number of aromatic nitrogens is 5. The molecular weight excluding hydrogens is 378 g/mol. The van der Waals surface area contributed by atoms with Gasteiger partial charge in [-0.3, -0.25) is 9.36 Å². The van der Waals surface area contributed by atoms with Crippen molar-refractivity contribution in [1.82, 2.24) is 29.6 Å². The molecule has 0 radical (unpaired) electrons. The maximum absolute atomic E-state index is 5.56. The van der Waals surface area contributed by atoms with E-state index >= 15 is 0 Å². The molecular formula is C22H27N7O. The number of benzene rings is 1. The summed E-state index contributed by atoms with van der Waals surface area (Å²) in [5, 5.41) is 4.67. The number of H-pyrrole nitrogens is 1. The summed E-state index contributed by atoms with van der Waals surface area (Å²) in [5.41, 5.74) is 5.48. The number of ether oxygens (including phenoxy) is 1. The van der Waals surface area contributed by atoms with Crippen LogP contribution in [0.2, 0.25) is 0 Å². The third-order valence-corrected chi connectivity index (χ3v) is 6.52. The lowest BCUT2D eigenvalue weighted by molar-refractivity contribution is 0.122. The fourth-order valence-electron chi connectivity index (χ4n) is 4.95. The van der Waals surface area contributed by atoms with Gasteiger partial charge in [0.2, 0.25) is 5.95 Å². The quantitative estimate of drug-likeness (QED) is 0.548. The maximum atomic E-state index is 5.56. The van der Waals surface area contributed by atoms with Gasteiger partial charge in [0.05, 0.1) is 19.3 Å². The molecule has 0 spiro atoms. The Balaban J connectivity index is 1.56. The van der Waals surface area contributed by atoms with Gasteiger partial charge in [0, 0.05) is 42.8 Å². The van der Waals surface area contributed by atoms with Crippen molar-refractivity contribution >= 4 is 28.0 Å². The molecule has 0 saturated carbocycles. The van der Waals surface area contributed by atoms with Gasteiger partial charge in [0.25, 0.3) is 0 Å². The molecule has 2 saturated heterocycles. The number of aromatic amines is 1. The molecule has 156 valence electrons. The third kappa shape index (κ3) is 2.74. The van der Waals surface area contributed by atoms with Crippen molar-refractivity contribution in [3.63, 3.8) is 0 Å². The number of hydrogen-bond acceptors (Lipinski definition) is 5. The zero-order chi connectivity index (χ0) is 20.1. The second-order valence-corrected chi connectivity index (χ2v) is 8.24. The van der Waals surface area contributed by atoms with Crippen LogP contribution in [0.25, 0.3) is 33.3 Å². The molecule has 2 aliphatic rings. The van der Waals surface area contributed by atoms with E-state index in [4.69, 9.17) is 14.7 Å². The number of nitrogens with one attached hydrogen (secondary N) is 2. The summed E-state index contributed by atoms with van der Waals surface area (Å²) in [4.78, 5) is 15.7. The van der Waals surface area contributed by atoms with Gasteiger partial charge in [-0.15, -0.1) is 0 Å². The summed E-state index contributed by atoms with van der Waals surface area (Å²) < 4.78 is 10.2. The number of nitrogens with zero attached hydrogens (tertiary/aromatic N) is 5. The van der Waals surface area contributed by atoms with Crippen molar-refractivity contribution in [2.24, 2.45) is 7.05 Å². The van der Waals surface area contributed by atoms with Gasteiger partial charge >= 0.3 is 0 Å². The van der Waals surface area contributed by atoms with E-state index in [2.05, 4.69) is 55.9 Å². The number of morpholine rings is 1. The molecule has 30 heavy (non-hydrogen) atoms. The zero-order valence-corrected chi connectivity index (χ0v) is 17.3. The molecule has 0 aliphatic carbocycles. The average molecular weight is 406 g/mol. The van der Waals surface area contributed by atoms with Crippen LogP contribution in [0.5, 0.6) is 0 Å². The van der Waals surface area contributed by atoms with Crippen molar-refractivity contribution in [2.45, 2.75) is 18.9 Å². The molecule has 0 atom stereocenters. The zero-order valence-electron chi connectivity index (χ0n) is 17.3. The minimum Gasteiger partial charge on any atom is -0.378 e. The highest BCUT2D eigenvalue weighted by Gasteiger charge is 2.28. The Morgan fingerprint density at radius 2 is 1.90 bits per heavy atom. The molecule has 0 unspecified atom stereocenters. The predicted molar refractivity (Wildman–Crippen MR) is 118 cm³/mol. The van der Waals surface area contributed by atoms with E-state index in [0.29, 0.717) is 6.04 Å². The van der Waals surface area contributed by atoms with Crippen LogP contribution in [0, 0.1) is 0 Å². The van der Waals surface area contributed by atoms with Gasteiger partial charge in [0.1, 0.15) is 11.2 Å². The summed E-state index contributed by atoms with van der Waals surface area (Å²) in [7, 11) is 2.14. The van der Waals surface area contributed by atoms with Gasteiger partial charge in [-0.25, -0.2) is 4.98 Å². The lowest BCUT2D eigenvalue weighted by Crippen LogP contribution is -2.39. The second-order valence-electron chi connectivity index (χ2n) is 8.24. The highest BCUT2D eigenvalue weighted by molar-refractivity contribution is 6.01. The van der Waals surface area contributed by atoms with Gasteiger partial charge in [-0.2, -0.15) is 4.98 Å². The summed E-state index contributed by atoms with van der Waals surface area (Å²) in [6, 6.07) is 8.99. The van der Waals surface area contributed by atoms with Crippen LogP contribution in [0.3, 0.4) is 0 Å². The first kappa shape index (κ1) is 18.0. The Bertz CT molecular complexity index is 1190. The van der Waals surface area contributed by atoms with Gasteiger partial charge in [-0.05, 0) is 38.1 Å². The van der Waals surface area contributed by atoms with Crippen LogP contribution >= 0.6 is 0 Å². The number of hydrogen-bond donors (Lipinski definition) is 2. The Hall–Kier alpha value is -2.84. The highest BCUT2D eigenvalue weighted by atomic mass is 16.5. The maximum Gasteiger partial charge on any atom is 0.228 e. The monoisotopic (exact) mass is 405 g/mol. The SMILES string of the molecule is Cn1c2c(-c3cccc4[nH]ccc34)nc(N3CCOCC3)nc2n1C1CCNCC1. The van der Waals surface area contributed by atoms with E-state index in [0.717, 1.165) is 86.1 Å². The van der Waals surface area contributed by atoms with Gasteiger partial charge in [0.15, 0.2) is 5.65 Å². The van der Waals surface area contributed by atoms with Crippen LogP contribution in [-0.4, -0.2) is 63.7 Å².